The standard InChI is InChI=1S/C20H33N5O/c1-3-21-20(24-16-18-12-8-15-25(18)4-2)23-14-9-13-22-19(26)17-10-6-5-7-11-17/h5-7,10-11,18H,3-4,8-9,12-16H2,1-2H3,(H,22,26)(H2,21,23,24). The molecular formula is C20H33N5O. The molecule has 1 heterocycles. The smallest absolute Gasteiger partial charge is 0.251 e. The monoisotopic (exact) mass is 359 g/mol. The molecule has 2 rings (SSSR count). The summed E-state index contributed by atoms with van der Waals surface area (Å²) in [4.78, 5) is 19.2. The summed E-state index contributed by atoms with van der Waals surface area (Å²) in [5, 5.41) is 9.61. The molecule has 1 fully saturated rings. The summed E-state index contributed by atoms with van der Waals surface area (Å²) in [7, 11) is 0. The summed E-state index contributed by atoms with van der Waals surface area (Å²) >= 11 is 0. The molecule has 1 saturated heterocycles. The first kappa shape index (κ1) is 20.2. The van der Waals surface area contributed by atoms with Gasteiger partial charge in [-0.15, -0.1) is 0 Å². The van der Waals surface area contributed by atoms with E-state index in [-0.39, 0.29) is 5.91 Å². The Morgan fingerprint density at radius 2 is 1.92 bits per heavy atom. The predicted molar refractivity (Wildman–Crippen MR) is 108 cm³/mol. The first-order valence-corrected chi connectivity index (χ1v) is 9.84. The van der Waals surface area contributed by atoms with Gasteiger partial charge in [-0.2, -0.15) is 0 Å². The number of carbonyl (C=O) groups is 1. The molecule has 1 aromatic carbocycles. The average molecular weight is 360 g/mol. The van der Waals surface area contributed by atoms with Gasteiger partial charge < -0.3 is 16.0 Å². The minimum Gasteiger partial charge on any atom is -0.357 e. The number of nitrogens with one attached hydrogen (secondary N) is 3. The maximum absolute atomic E-state index is 12.0. The maximum atomic E-state index is 12.0. The van der Waals surface area contributed by atoms with E-state index in [0.29, 0.717) is 18.2 Å². The minimum atomic E-state index is -0.0212. The van der Waals surface area contributed by atoms with Gasteiger partial charge in [-0.3, -0.25) is 14.7 Å². The van der Waals surface area contributed by atoms with Crippen LogP contribution in [0.1, 0.15) is 43.5 Å². The third kappa shape index (κ3) is 6.67. The van der Waals surface area contributed by atoms with Crippen molar-refractivity contribution in [3.05, 3.63) is 35.9 Å². The normalized spacial score (nSPS) is 17.9. The second-order valence-corrected chi connectivity index (χ2v) is 6.55. The number of guanidine groups is 1. The van der Waals surface area contributed by atoms with Crippen LogP contribution in [0.4, 0.5) is 0 Å². The quantitative estimate of drug-likeness (QED) is 0.358. The fraction of sp³-hybridized carbons (Fsp3) is 0.600. The Bertz CT molecular complexity index is 561. The fourth-order valence-corrected chi connectivity index (χ4v) is 3.25. The summed E-state index contributed by atoms with van der Waals surface area (Å²) < 4.78 is 0. The molecule has 0 saturated carbocycles. The third-order valence-corrected chi connectivity index (χ3v) is 4.68. The van der Waals surface area contributed by atoms with E-state index < -0.39 is 0 Å². The van der Waals surface area contributed by atoms with Crippen LogP contribution in [0.3, 0.4) is 0 Å². The largest absolute Gasteiger partial charge is 0.357 e. The molecule has 26 heavy (non-hydrogen) atoms. The zero-order valence-electron chi connectivity index (χ0n) is 16.1. The van der Waals surface area contributed by atoms with E-state index in [0.717, 1.165) is 38.6 Å². The Balaban J connectivity index is 1.67. The van der Waals surface area contributed by atoms with Gasteiger partial charge in [-0.05, 0) is 51.4 Å². The molecule has 1 atom stereocenters. The van der Waals surface area contributed by atoms with E-state index >= 15 is 0 Å². The van der Waals surface area contributed by atoms with Crippen LogP contribution in [-0.2, 0) is 0 Å². The molecule has 1 aliphatic rings. The number of hydrogen-bond donors (Lipinski definition) is 3. The molecule has 0 radical (unpaired) electrons. The lowest BCUT2D eigenvalue weighted by Gasteiger charge is -2.21. The topological polar surface area (TPSA) is 68.8 Å². The number of carbonyl (C=O) groups excluding carboxylic acids is 1. The predicted octanol–water partition coefficient (Wildman–Crippen LogP) is 1.85. The maximum Gasteiger partial charge on any atom is 0.251 e. The van der Waals surface area contributed by atoms with E-state index in [2.05, 4.69) is 34.7 Å². The lowest BCUT2D eigenvalue weighted by Crippen LogP contribution is -2.40. The van der Waals surface area contributed by atoms with Crippen LogP contribution in [0.25, 0.3) is 0 Å². The second-order valence-electron chi connectivity index (χ2n) is 6.55. The zero-order valence-corrected chi connectivity index (χ0v) is 16.1. The van der Waals surface area contributed by atoms with Gasteiger partial charge in [0.1, 0.15) is 0 Å². The van der Waals surface area contributed by atoms with Crippen molar-refractivity contribution in [2.75, 3.05) is 39.3 Å². The molecule has 0 spiro atoms. The second kappa shape index (κ2) is 11.5. The number of aliphatic imine (C=N–C) groups is 1. The molecule has 1 aliphatic heterocycles. The van der Waals surface area contributed by atoms with Crippen molar-refractivity contribution in [3.8, 4) is 0 Å². The summed E-state index contributed by atoms with van der Waals surface area (Å²) in [6, 6.07) is 9.88. The molecule has 1 amide bonds. The van der Waals surface area contributed by atoms with Crippen molar-refractivity contribution in [2.45, 2.75) is 39.2 Å². The van der Waals surface area contributed by atoms with Gasteiger partial charge in [0.05, 0.1) is 6.54 Å². The van der Waals surface area contributed by atoms with Crippen molar-refractivity contribution in [1.82, 2.24) is 20.9 Å². The van der Waals surface area contributed by atoms with Gasteiger partial charge in [0.15, 0.2) is 5.96 Å². The molecule has 144 valence electrons. The Kier molecular flexibility index (Phi) is 8.96. The van der Waals surface area contributed by atoms with Gasteiger partial charge in [0.2, 0.25) is 0 Å². The first-order valence-electron chi connectivity index (χ1n) is 9.84. The lowest BCUT2D eigenvalue weighted by molar-refractivity contribution is 0.0953. The van der Waals surface area contributed by atoms with Crippen LogP contribution in [0, 0.1) is 0 Å². The molecule has 3 N–H and O–H groups in total. The van der Waals surface area contributed by atoms with E-state index in [1.807, 2.05) is 30.3 Å². The minimum absolute atomic E-state index is 0.0212. The van der Waals surface area contributed by atoms with Crippen LogP contribution in [0.15, 0.2) is 35.3 Å². The van der Waals surface area contributed by atoms with Crippen LogP contribution in [-0.4, -0.2) is 62.1 Å². The number of hydrogen-bond acceptors (Lipinski definition) is 3. The van der Waals surface area contributed by atoms with E-state index in [9.17, 15) is 4.79 Å². The highest BCUT2D eigenvalue weighted by Gasteiger charge is 2.22. The molecule has 0 aliphatic carbocycles. The first-order chi connectivity index (χ1) is 12.7. The van der Waals surface area contributed by atoms with Gasteiger partial charge in [0, 0.05) is 31.2 Å². The van der Waals surface area contributed by atoms with Crippen LogP contribution in [0.5, 0.6) is 0 Å². The number of benzene rings is 1. The summed E-state index contributed by atoms with van der Waals surface area (Å²) in [6.07, 6.45) is 3.37. The fourth-order valence-electron chi connectivity index (χ4n) is 3.25. The van der Waals surface area contributed by atoms with Crippen LogP contribution < -0.4 is 16.0 Å². The number of likely N-dealkylation sites (tertiary alicyclic amines) is 1. The molecule has 1 aromatic rings. The lowest BCUT2D eigenvalue weighted by atomic mass is 10.2. The van der Waals surface area contributed by atoms with Gasteiger partial charge in [-0.1, -0.05) is 25.1 Å². The third-order valence-electron chi connectivity index (χ3n) is 4.68. The Hall–Kier alpha value is -2.08. The highest BCUT2D eigenvalue weighted by Crippen LogP contribution is 2.16. The molecule has 0 aromatic heterocycles. The number of nitrogens with zero attached hydrogens (tertiary/aromatic N) is 2. The highest BCUT2D eigenvalue weighted by atomic mass is 16.1. The van der Waals surface area contributed by atoms with E-state index in [4.69, 9.17) is 4.99 Å². The number of likely N-dealkylation sites (N-methyl/N-ethyl adjacent to an activating group) is 1. The summed E-state index contributed by atoms with van der Waals surface area (Å²) in [6.45, 7) is 9.70. The molecule has 6 heteroatoms. The van der Waals surface area contributed by atoms with Crippen LogP contribution >= 0.6 is 0 Å². The van der Waals surface area contributed by atoms with Gasteiger partial charge >= 0.3 is 0 Å². The van der Waals surface area contributed by atoms with Crippen molar-refractivity contribution < 1.29 is 4.79 Å². The van der Waals surface area contributed by atoms with E-state index in [1.165, 1.54) is 19.4 Å². The zero-order chi connectivity index (χ0) is 18.6. The van der Waals surface area contributed by atoms with Gasteiger partial charge in [-0.25, -0.2) is 0 Å². The number of rotatable bonds is 9. The van der Waals surface area contributed by atoms with Crippen molar-refractivity contribution in [1.29, 1.82) is 0 Å². The van der Waals surface area contributed by atoms with E-state index in [1.54, 1.807) is 0 Å². The molecule has 6 nitrogen and oxygen atoms in total. The Labute approximate surface area is 157 Å². The average Bonchev–Trinajstić information content (AvgIpc) is 3.13. The molecule has 1 unspecified atom stereocenters. The molecule has 0 bridgehead atoms. The van der Waals surface area contributed by atoms with Crippen molar-refractivity contribution >= 4 is 11.9 Å². The Morgan fingerprint density at radius 1 is 1.15 bits per heavy atom. The Morgan fingerprint density at radius 3 is 2.65 bits per heavy atom. The van der Waals surface area contributed by atoms with Crippen LogP contribution in [0.2, 0.25) is 0 Å². The number of amides is 1. The van der Waals surface area contributed by atoms with Gasteiger partial charge in [0.25, 0.3) is 5.91 Å². The molecular weight excluding hydrogens is 326 g/mol. The highest BCUT2D eigenvalue weighted by molar-refractivity contribution is 5.94. The van der Waals surface area contributed by atoms with Crippen molar-refractivity contribution in [3.63, 3.8) is 0 Å². The SMILES string of the molecule is CCNC(=NCC1CCCN1CC)NCCCNC(=O)c1ccccc1. The van der Waals surface area contributed by atoms with Crippen molar-refractivity contribution in [2.24, 2.45) is 4.99 Å². The summed E-state index contributed by atoms with van der Waals surface area (Å²) in [5.74, 6) is 0.844. The summed E-state index contributed by atoms with van der Waals surface area (Å²) in [5.41, 5.74) is 0.701.